The van der Waals surface area contributed by atoms with Gasteiger partial charge in [-0.3, -0.25) is 10.2 Å². The predicted octanol–water partition coefficient (Wildman–Crippen LogP) is 2.05. The number of amides is 1. The highest BCUT2D eigenvalue weighted by Crippen LogP contribution is 2.35. The van der Waals surface area contributed by atoms with E-state index in [1.54, 1.807) is 0 Å². The van der Waals surface area contributed by atoms with E-state index in [9.17, 15) is 4.79 Å². The molecule has 2 fully saturated rings. The van der Waals surface area contributed by atoms with E-state index < -0.39 is 0 Å². The molecule has 0 bridgehead atoms. The van der Waals surface area contributed by atoms with Crippen molar-refractivity contribution in [1.29, 1.82) is 0 Å². The van der Waals surface area contributed by atoms with Gasteiger partial charge in [0, 0.05) is 13.0 Å². The van der Waals surface area contributed by atoms with E-state index >= 15 is 0 Å². The van der Waals surface area contributed by atoms with E-state index in [1.165, 1.54) is 58.2 Å². The molecule has 1 heterocycles. The average Bonchev–Trinajstić information content (AvgIpc) is 2.46. The molecule has 0 spiro atoms. The van der Waals surface area contributed by atoms with Crippen LogP contribution < -0.4 is 11.3 Å². The van der Waals surface area contributed by atoms with Gasteiger partial charge in [0.15, 0.2) is 0 Å². The molecular formula is C15H29N3O. The number of likely N-dealkylation sites (tertiary alicyclic amines) is 1. The number of hydrogen-bond donors (Lipinski definition) is 2. The Morgan fingerprint density at radius 3 is 2.68 bits per heavy atom. The zero-order chi connectivity index (χ0) is 13.5. The molecule has 0 aromatic carbocycles. The predicted molar refractivity (Wildman–Crippen MR) is 77.3 cm³/mol. The number of hydrogen-bond acceptors (Lipinski definition) is 3. The second kappa shape index (κ2) is 7.85. The average molecular weight is 267 g/mol. The number of piperidine rings is 1. The summed E-state index contributed by atoms with van der Waals surface area (Å²) in [4.78, 5) is 13.6. The third kappa shape index (κ3) is 4.77. The number of nitrogens with one attached hydrogen (secondary N) is 1. The first kappa shape index (κ1) is 14.8. The fourth-order valence-corrected chi connectivity index (χ4v) is 3.75. The van der Waals surface area contributed by atoms with Crippen LogP contribution in [0.1, 0.15) is 57.8 Å². The van der Waals surface area contributed by atoms with E-state index in [0.717, 1.165) is 24.7 Å². The molecule has 3 N–H and O–H groups in total. The SMILES string of the molecule is NNC(=O)CCCCCN1CCC2CCCCC2C1. The highest BCUT2D eigenvalue weighted by Gasteiger charge is 2.30. The molecule has 1 saturated heterocycles. The molecule has 1 amide bonds. The first-order chi connectivity index (χ1) is 9.29. The summed E-state index contributed by atoms with van der Waals surface area (Å²) in [5.74, 6) is 7.02. The van der Waals surface area contributed by atoms with E-state index in [1.807, 2.05) is 0 Å². The highest BCUT2D eigenvalue weighted by atomic mass is 16.2. The molecule has 0 aromatic rings. The van der Waals surface area contributed by atoms with Crippen LogP contribution in [0.4, 0.5) is 0 Å². The quantitative estimate of drug-likeness (QED) is 0.335. The van der Waals surface area contributed by atoms with Crippen LogP contribution in [0.5, 0.6) is 0 Å². The Balaban J connectivity index is 1.55. The van der Waals surface area contributed by atoms with Gasteiger partial charge >= 0.3 is 0 Å². The van der Waals surface area contributed by atoms with Crippen LogP contribution in [0.3, 0.4) is 0 Å². The van der Waals surface area contributed by atoms with Gasteiger partial charge in [0.25, 0.3) is 0 Å². The van der Waals surface area contributed by atoms with Gasteiger partial charge in [0.1, 0.15) is 0 Å². The highest BCUT2D eigenvalue weighted by molar-refractivity contribution is 5.74. The molecule has 19 heavy (non-hydrogen) atoms. The summed E-state index contributed by atoms with van der Waals surface area (Å²) in [5, 5.41) is 0. The lowest BCUT2D eigenvalue weighted by Crippen LogP contribution is -2.42. The number of rotatable bonds is 6. The van der Waals surface area contributed by atoms with Crippen LogP contribution >= 0.6 is 0 Å². The van der Waals surface area contributed by atoms with Crippen molar-refractivity contribution in [1.82, 2.24) is 10.3 Å². The molecule has 2 aliphatic rings. The third-order valence-corrected chi connectivity index (χ3v) is 4.91. The van der Waals surface area contributed by atoms with E-state index in [4.69, 9.17) is 5.84 Å². The largest absolute Gasteiger partial charge is 0.303 e. The second-order valence-electron chi connectivity index (χ2n) is 6.27. The number of nitrogens with two attached hydrogens (primary N) is 1. The fraction of sp³-hybridized carbons (Fsp3) is 0.933. The summed E-state index contributed by atoms with van der Waals surface area (Å²) in [5.41, 5.74) is 2.19. The van der Waals surface area contributed by atoms with Crippen molar-refractivity contribution in [3.8, 4) is 0 Å². The molecule has 1 aliphatic carbocycles. The van der Waals surface area contributed by atoms with E-state index in [0.29, 0.717) is 6.42 Å². The van der Waals surface area contributed by atoms with Gasteiger partial charge in [-0.25, -0.2) is 5.84 Å². The second-order valence-corrected chi connectivity index (χ2v) is 6.27. The lowest BCUT2D eigenvalue weighted by molar-refractivity contribution is -0.121. The lowest BCUT2D eigenvalue weighted by Gasteiger charge is -2.41. The monoisotopic (exact) mass is 267 g/mol. The van der Waals surface area contributed by atoms with Gasteiger partial charge in [0.2, 0.25) is 5.91 Å². The van der Waals surface area contributed by atoms with Gasteiger partial charge in [-0.1, -0.05) is 25.7 Å². The van der Waals surface area contributed by atoms with Crippen molar-refractivity contribution in [2.24, 2.45) is 17.7 Å². The molecule has 2 atom stereocenters. The Morgan fingerprint density at radius 2 is 1.89 bits per heavy atom. The smallest absolute Gasteiger partial charge is 0.233 e. The first-order valence-corrected chi connectivity index (χ1v) is 8.01. The maximum Gasteiger partial charge on any atom is 0.233 e. The minimum atomic E-state index is -0.0389. The van der Waals surface area contributed by atoms with Crippen molar-refractivity contribution < 1.29 is 4.79 Å². The summed E-state index contributed by atoms with van der Waals surface area (Å²) in [6.07, 6.45) is 11.1. The topological polar surface area (TPSA) is 58.4 Å². The van der Waals surface area contributed by atoms with Gasteiger partial charge in [-0.2, -0.15) is 0 Å². The molecule has 4 nitrogen and oxygen atoms in total. The van der Waals surface area contributed by atoms with Gasteiger partial charge in [0.05, 0.1) is 0 Å². The summed E-state index contributed by atoms with van der Waals surface area (Å²) in [7, 11) is 0. The van der Waals surface area contributed by atoms with Crippen LogP contribution in [-0.2, 0) is 4.79 Å². The fourth-order valence-electron chi connectivity index (χ4n) is 3.75. The van der Waals surface area contributed by atoms with E-state index in [-0.39, 0.29) is 5.91 Å². The van der Waals surface area contributed by atoms with Gasteiger partial charge in [-0.05, 0) is 50.6 Å². The summed E-state index contributed by atoms with van der Waals surface area (Å²) in [6.45, 7) is 3.84. The number of hydrazine groups is 1. The van der Waals surface area contributed by atoms with Crippen LogP contribution in [0.2, 0.25) is 0 Å². The number of carbonyl (C=O) groups excluding carboxylic acids is 1. The molecular weight excluding hydrogens is 238 g/mol. The van der Waals surface area contributed by atoms with Crippen LogP contribution in [0.25, 0.3) is 0 Å². The zero-order valence-corrected chi connectivity index (χ0v) is 12.1. The Bertz CT molecular complexity index is 283. The maximum absolute atomic E-state index is 11.0. The summed E-state index contributed by atoms with van der Waals surface area (Å²) in [6, 6.07) is 0. The summed E-state index contributed by atoms with van der Waals surface area (Å²) >= 11 is 0. The first-order valence-electron chi connectivity index (χ1n) is 8.01. The summed E-state index contributed by atoms with van der Waals surface area (Å²) < 4.78 is 0. The van der Waals surface area contributed by atoms with Gasteiger partial charge in [-0.15, -0.1) is 0 Å². The standard InChI is InChI=1S/C15H29N3O/c16-17-15(19)8-2-1-5-10-18-11-9-13-6-3-4-7-14(13)12-18/h13-14H,1-12,16H2,(H,17,19). The van der Waals surface area contributed by atoms with Crippen molar-refractivity contribution in [2.75, 3.05) is 19.6 Å². The molecule has 0 aromatic heterocycles. The van der Waals surface area contributed by atoms with Crippen molar-refractivity contribution in [3.63, 3.8) is 0 Å². The molecule has 1 saturated carbocycles. The minimum absolute atomic E-state index is 0.0389. The number of unbranched alkanes of at least 4 members (excludes halogenated alkanes) is 2. The van der Waals surface area contributed by atoms with Crippen LogP contribution in [-0.4, -0.2) is 30.4 Å². The Labute approximate surface area is 117 Å². The number of fused-ring (bicyclic) bond motifs is 1. The molecule has 2 rings (SSSR count). The third-order valence-electron chi connectivity index (χ3n) is 4.91. The van der Waals surface area contributed by atoms with Crippen molar-refractivity contribution >= 4 is 5.91 Å². The normalized spacial score (nSPS) is 27.8. The molecule has 110 valence electrons. The van der Waals surface area contributed by atoms with Crippen LogP contribution in [0.15, 0.2) is 0 Å². The molecule has 2 unspecified atom stereocenters. The Kier molecular flexibility index (Phi) is 6.11. The zero-order valence-electron chi connectivity index (χ0n) is 12.1. The van der Waals surface area contributed by atoms with Crippen LogP contribution in [0, 0.1) is 11.8 Å². The molecule has 1 aliphatic heterocycles. The number of carbonyl (C=O) groups is 1. The lowest BCUT2D eigenvalue weighted by atomic mass is 9.75. The number of nitrogens with zero attached hydrogens (tertiary/aromatic N) is 1. The molecule has 4 heteroatoms. The Hall–Kier alpha value is -0.610. The minimum Gasteiger partial charge on any atom is -0.303 e. The van der Waals surface area contributed by atoms with Crippen molar-refractivity contribution in [3.05, 3.63) is 0 Å². The maximum atomic E-state index is 11.0. The van der Waals surface area contributed by atoms with Gasteiger partial charge < -0.3 is 4.90 Å². The van der Waals surface area contributed by atoms with Crippen molar-refractivity contribution in [2.45, 2.75) is 57.8 Å². The molecule has 0 radical (unpaired) electrons. The van der Waals surface area contributed by atoms with E-state index in [2.05, 4.69) is 10.3 Å². The Morgan fingerprint density at radius 1 is 1.11 bits per heavy atom.